The maximum atomic E-state index is 12.1. The van der Waals surface area contributed by atoms with Crippen molar-refractivity contribution in [2.45, 2.75) is 43.3 Å². The Labute approximate surface area is 120 Å². The van der Waals surface area contributed by atoms with Gasteiger partial charge >= 0.3 is 0 Å². The molecule has 1 unspecified atom stereocenters. The lowest BCUT2D eigenvalue weighted by Gasteiger charge is -2.13. The molecule has 2 rings (SSSR count). The van der Waals surface area contributed by atoms with Gasteiger partial charge < -0.3 is 10.1 Å². The normalized spacial score (nSPS) is 17.1. The summed E-state index contributed by atoms with van der Waals surface area (Å²) in [6, 6.07) is 7.39. The molecule has 0 radical (unpaired) electrons. The summed E-state index contributed by atoms with van der Waals surface area (Å²) in [6.07, 6.45) is 2.49. The summed E-state index contributed by atoms with van der Waals surface area (Å²) in [5.41, 5.74) is 1.10. The van der Waals surface area contributed by atoms with Crippen molar-refractivity contribution in [3.8, 4) is 0 Å². The number of nitrogens with one attached hydrogen (secondary N) is 2. The highest BCUT2D eigenvalue weighted by Crippen LogP contribution is 2.19. The molecule has 1 aliphatic carbocycles. The maximum Gasteiger partial charge on any atom is 0.240 e. The van der Waals surface area contributed by atoms with Crippen molar-refractivity contribution in [2.75, 3.05) is 13.7 Å². The van der Waals surface area contributed by atoms with Gasteiger partial charge in [-0.2, -0.15) is 0 Å². The van der Waals surface area contributed by atoms with E-state index in [2.05, 4.69) is 10.0 Å². The number of methoxy groups -OCH3 is 1. The molecule has 20 heavy (non-hydrogen) atoms. The molecule has 1 fully saturated rings. The third-order valence-electron chi connectivity index (χ3n) is 3.18. The molecule has 0 saturated heterocycles. The van der Waals surface area contributed by atoms with E-state index in [1.165, 1.54) is 12.8 Å². The van der Waals surface area contributed by atoms with Crippen LogP contribution in [0.15, 0.2) is 29.2 Å². The molecular formula is C14H22N2O3S. The number of sulfonamides is 1. The Hall–Kier alpha value is -0.950. The van der Waals surface area contributed by atoms with Crippen LogP contribution in [-0.4, -0.2) is 34.2 Å². The monoisotopic (exact) mass is 298 g/mol. The molecule has 0 bridgehead atoms. The van der Waals surface area contributed by atoms with Crippen molar-refractivity contribution in [3.05, 3.63) is 29.8 Å². The van der Waals surface area contributed by atoms with Gasteiger partial charge in [0.2, 0.25) is 10.0 Å². The minimum Gasteiger partial charge on any atom is -0.383 e. The molecule has 6 heteroatoms. The smallest absolute Gasteiger partial charge is 0.240 e. The summed E-state index contributed by atoms with van der Waals surface area (Å²) in [4.78, 5) is 0.288. The lowest BCUT2D eigenvalue weighted by Crippen LogP contribution is -2.35. The average molecular weight is 298 g/mol. The van der Waals surface area contributed by atoms with E-state index < -0.39 is 10.0 Å². The van der Waals surface area contributed by atoms with Crippen molar-refractivity contribution in [1.82, 2.24) is 10.0 Å². The molecule has 0 heterocycles. The van der Waals surface area contributed by atoms with E-state index in [0.717, 1.165) is 12.1 Å². The van der Waals surface area contributed by atoms with Gasteiger partial charge in [-0.1, -0.05) is 12.1 Å². The summed E-state index contributed by atoms with van der Waals surface area (Å²) in [6.45, 7) is 2.91. The third-order valence-corrected chi connectivity index (χ3v) is 4.78. The fourth-order valence-corrected chi connectivity index (χ4v) is 3.18. The first-order chi connectivity index (χ1) is 9.51. The van der Waals surface area contributed by atoms with E-state index >= 15 is 0 Å². The van der Waals surface area contributed by atoms with Gasteiger partial charge in [0.15, 0.2) is 0 Å². The predicted molar refractivity (Wildman–Crippen MR) is 78.0 cm³/mol. The maximum absolute atomic E-state index is 12.1. The highest BCUT2D eigenvalue weighted by atomic mass is 32.2. The topological polar surface area (TPSA) is 67.4 Å². The number of benzene rings is 1. The quantitative estimate of drug-likeness (QED) is 0.758. The van der Waals surface area contributed by atoms with Gasteiger partial charge in [-0.3, -0.25) is 0 Å². The van der Waals surface area contributed by atoms with E-state index in [4.69, 9.17) is 4.74 Å². The standard InChI is InChI=1S/C14H22N2O3S/c1-11(10-19-2)16-20(17,18)14-7-3-12(4-8-14)9-15-13-5-6-13/h3-4,7-8,11,13,15-16H,5-6,9-10H2,1-2H3. The molecular weight excluding hydrogens is 276 g/mol. The van der Waals surface area contributed by atoms with Crippen LogP contribution in [-0.2, 0) is 21.3 Å². The Balaban J connectivity index is 1.96. The van der Waals surface area contributed by atoms with Crippen LogP contribution in [0.25, 0.3) is 0 Å². The molecule has 0 aromatic heterocycles. The number of hydrogen-bond donors (Lipinski definition) is 2. The van der Waals surface area contributed by atoms with E-state index in [-0.39, 0.29) is 10.9 Å². The van der Waals surface area contributed by atoms with Gasteiger partial charge in [-0.15, -0.1) is 0 Å². The van der Waals surface area contributed by atoms with Crippen LogP contribution in [0, 0.1) is 0 Å². The minimum atomic E-state index is -3.47. The number of ether oxygens (including phenoxy) is 1. The summed E-state index contributed by atoms with van der Waals surface area (Å²) < 4.78 is 31.8. The highest BCUT2D eigenvalue weighted by molar-refractivity contribution is 7.89. The van der Waals surface area contributed by atoms with Gasteiger partial charge in [0.25, 0.3) is 0 Å². The molecule has 5 nitrogen and oxygen atoms in total. The fraction of sp³-hybridized carbons (Fsp3) is 0.571. The van der Waals surface area contributed by atoms with Crippen LogP contribution in [0.4, 0.5) is 0 Å². The lowest BCUT2D eigenvalue weighted by atomic mass is 10.2. The van der Waals surface area contributed by atoms with Crippen LogP contribution in [0.2, 0.25) is 0 Å². The van der Waals surface area contributed by atoms with Crippen LogP contribution in [0.3, 0.4) is 0 Å². The zero-order valence-electron chi connectivity index (χ0n) is 11.9. The molecule has 1 aliphatic rings. The first-order valence-electron chi connectivity index (χ1n) is 6.85. The van der Waals surface area contributed by atoms with Gasteiger partial charge in [0.1, 0.15) is 0 Å². The minimum absolute atomic E-state index is 0.249. The number of rotatable bonds is 8. The van der Waals surface area contributed by atoms with E-state index in [9.17, 15) is 8.42 Å². The fourth-order valence-electron chi connectivity index (χ4n) is 1.95. The van der Waals surface area contributed by atoms with Gasteiger partial charge in [-0.25, -0.2) is 13.1 Å². The first-order valence-corrected chi connectivity index (χ1v) is 8.33. The summed E-state index contributed by atoms with van der Waals surface area (Å²) in [5, 5.41) is 3.40. The van der Waals surface area contributed by atoms with Crippen LogP contribution < -0.4 is 10.0 Å². The Morgan fingerprint density at radius 3 is 2.50 bits per heavy atom. The second-order valence-corrected chi connectivity index (χ2v) is 6.99. The molecule has 1 aromatic carbocycles. The Morgan fingerprint density at radius 2 is 1.95 bits per heavy atom. The second kappa shape index (κ2) is 6.67. The molecule has 0 aliphatic heterocycles. The Kier molecular flexibility index (Phi) is 5.15. The van der Waals surface area contributed by atoms with E-state index in [1.807, 2.05) is 12.1 Å². The highest BCUT2D eigenvalue weighted by Gasteiger charge is 2.20. The van der Waals surface area contributed by atoms with Gasteiger partial charge in [0.05, 0.1) is 11.5 Å². The second-order valence-electron chi connectivity index (χ2n) is 5.28. The van der Waals surface area contributed by atoms with Crippen molar-refractivity contribution < 1.29 is 13.2 Å². The van der Waals surface area contributed by atoms with Crippen molar-refractivity contribution in [1.29, 1.82) is 0 Å². The van der Waals surface area contributed by atoms with Gasteiger partial charge in [-0.05, 0) is 37.5 Å². The predicted octanol–water partition coefficient (Wildman–Crippen LogP) is 1.25. The number of hydrogen-bond acceptors (Lipinski definition) is 4. The molecule has 1 saturated carbocycles. The lowest BCUT2D eigenvalue weighted by molar-refractivity contribution is 0.180. The summed E-state index contributed by atoms with van der Waals surface area (Å²) in [7, 11) is -1.92. The van der Waals surface area contributed by atoms with Crippen LogP contribution in [0.1, 0.15) is 25.3 Å². The molecule has 0 amide bonds. The summed E-state index contributed by atoms with van der Waals surface area (Å²) in [5.74, 6) is 0. The molecule has 1 atom stereocenters. The molecule has 2 N–H and O–H groups in total. The molecule has 1 aromatic rings. The van der Waals surface area contributed by atoms with Crippen molar-refractivity contribution in [2.24, 2.45) is 0 Å². The van der Waals surface area contributed by atoms with Crippen molar-refractivity contribution >= 4 is 10.0 Å². The Bertz CT molecular complexity index is 524. The van der Waals surface area contributed by atoms with Crippen LogP contribution in [0.5, 0.6) is 0 Å². The van der Waals surface area contributed by atoms with Crippen LogP contribution >= 0.6 is 0 Å². The largest absolute Gasteiger partial charge is 0.383 e. The van der Waals surface area contributed by atoms with Crippen molar-refractivity contribution in [3.63, 3.8) is 0 Å². The first kappa shape index (κ1) is 15.4. The Morgan fingerprint density at radius 1 is 1.30 bits per heavy atom. The SMILES string of the molecule is COCC(C)NS(=O)(=O)c1ccc(CNC2CC2)cc1. The average Bonchev–Trinajstić information content (AvgIpc) is 3.20. The molecule has 0 spiro atoms. The summed E-state index contributed by atoms with van der Waals surface area (Å²) >= 11 is 0. The van der Waals surface area contributed by atoms with E-state index in [1.54, 1.807) is 26.2 Å². The third kappa shape index (κ3) is 4.56. The zero-order valence-corrected chi connectivity index (χ0v) is 12.7. The van der Waals surface area contributed by atoms with Gasteiger partial charge in [0, 0.05) is 25.7 Å². The molecule has 112 valence electrons. The zero-order chi connectivity index (χ0) is 14.6. The van der Waals surface area contributed by atoms with E-state index in [0.29, 0.717) is 12.6 Å².